The van der Waals surface area contributed by atoms with E-state index in [1.807, 2.05) is 33.8 Å². The number of nitrogens with one attached hydrogen (secondary N) is 1. The number of hydrogen-bond donors (Lipinski definition) is 3. The van der Waals surface area contributed by atoms with Crippen molar-refractivity contribution >= 4 is 35.8 Å². The van der Waals surface area contributed by atoms with Crippen LogP contribution in [0.3, 0.4) is 0 Å². The monoisotopic (exact) mass is 502 g/mol. The fraction of sp³-hybridized carbons (Fsp3) is 0.375. The van der Waals surface area contributed by atoms with Crippen LogP contribution in [-0.2, 0) is 20.4 Å². The SMILES string of the molecule is CC(C)c1cc(C#N)cc(C(C)C)c1NC(=O)N=[S-](=O)c1cc(C#N)cc(C(C)(C)O)c1.N.S. The van der Waals surface area contributed by atoms with E-state index < -0.39 is 22.2 Å². The zero-order chi connectivity index (χ0) is 24.2. The van der Waals surface area contributed by atoms with Gasteiger partial charge in [0.15, 0.2) is 0 Å². The highest BCUT2D eigenvalue weighted by atomic mass is 32.2. The molecule has 0 aliphatic rings. The Labute approximate surface area is 210 Å². The Bertz CT molecular complexity index is 1180. The number of aliphatic hydroxyl groups is 1. The van der Waals surface area contributed by atoms with Gasteiger partial charge in [-0.15, -0.1) is 0 Å². The highest BCUT2D eigenvalue weighted by Crippen LogP contribution is 2.34. The molecule has 2 amide bonds. The van der Waals surface area contributed by atoms with Gasteiger partial charge < -0.3 is 25.1 Å². The van der Waals surface area contributed by atoms with Crippen molar-refractivity contribution in [1.29, 1.82) is 10.5 Å². The van der Waals surface area contributed by atoms with E-state index in [-0.39, 0.29) is 41.9 Å². The van der Waals surface area contributed by atoms with Crippen molar-refractivity contribution in [2.24, 2.45) is 4.36 Å². The quantitative estimate of drug-likeness (QED) is 0.430. The molecule has 10 heteroatoms. The van der Waals surface area contributed by atoms with Crippen molar-refractivity contribution < 1.29 is 14.1 Å². The molecule has 0 heterocycles. The zero-order valence-corrected chi connectivity index (χ0v) is 22.1. The summed E-state index contributed by atoms with van der Waals surface area (Å²) in [6.45, 7) is 10.9. The van der Waals surface area contributed by atoms with Crippen LogP contribution < -0.4 is 11.5 Å². The molecule has 184 valence electrons. The van der Waals surface area contributed by atoms with Gasteiger partial charge >= 0.3 is 6.03 Å². The third-order valence-corrected chi connectivity index (χ3v) is 5.88. The van der Waals surface area contributed by atoms with E-state index in [1.54, 1.807) is 26.0 Å². The average Bonchev–Trinajstić information content (AvgIpc) is 2.72. The minimum absolute atomic E-state index is 0. The van der Waals surface area contributed by atoms with E-state index in [4.69, 9.17) is 0 Å². The minimum Gasteiger partial charge on any atom is -0.439 e. The lowest BCUT2D eigenvalue weighted by atomic mass is 9.90. The summed E-state index contributed by atoms with van der Waals surface area (Å²) in [5.74, 6) is 0.0616. The molecule has 0 saturated carbocycles. The first-order valence-electron chi connectivity index (χ1n) is 10.2. The Kier molecular flexibility index (Phi) is 11.5. The number of carbonyl (C=O) groups excluding carboxylic acids is 1. The maximum Gasteiger partial charge on any atom is 0.322 e. The van der Waals surface area contributed by atoms with Gasteiger partial charge in [0, 0.05) is 5.69 Å². The van der Waals surface area contributed by atoms with Gasteiger partial charge in [-0.1, -0.05) is 44.7 Å². The number of urea groups is 1. The number of nitriles is 2. The first-order valence-corrected chi connectivity index (χ1v) is 11.3. The van der Waals surface area contributed by atoms with Gasteiger partial charge in [-0.25, -0.2) is 4.79 Å². The smallest absolute Gasteiger partial charge is 0.322 e. The number of carbonyl (C=O) groups is 1. The van der Waals surface area contributed by atoms with E-state index in [0.717, 1.165) is 11.1 Å². The largest absolute Gasteiger partial charge is 0.439 e. The Morgan fingerprint density at radius 1 is 1.00 bits per heavy atom. The third kappa shape index (κ3) is 7.57. The van der Waals surface area contributed by atoms with Gasteiger partial charge in [0.05, 0.1) is 28.9 Å². The van der Waals surface area contributed by atoms with Crippen LogP contribution in [0.1, 0.15) is 81.2 Å². The maximum atomic E-state index is 12.8. The van der Waals surface area contributed by atoms with E-state index in [1.165, 1.54) is 18.2 Å². The van der Waals surface area contributed by atoms with Crippen LogP contribution in [0.25, 0.3) is 0 Å². The van der Waals surface area contributed by atoms with Crippen LogP contribution in [0, 0.1) is 22.7 Å². The topological polar surface area (TPSA) is 161 Å². The lowest BCUT2D eigenvalue weighted by Crippen LogP contribution is -2.16. The van der Waals surface area contributed by atoms with E-state index in [2.05, 4.69) is 15.7 Å². The summed E-state index contributed by atoms with van der Waals surface area (Å²) in [5, 5.41) is 31.6. The summed E-state index contributed by atoms with van der Waals surface area (Å²) in [6.07, 6.45) is 0. The average molecular weight is 503 g/mol. The lowest BCUT2D eigenvalue weighted by Gasteiger charge is -2.21. The second kappa shape index (κ2) is 12.5. The zero-order valence-electron chi connectivity index (χ0n) is 20.3. The Balaban J connectivity index is 0.00000544. The van der Waals surface area contributed by atoms with Crippen LogP contribution >= 0.6 is 13.5 Å². The van der Waals surface area contributed by atoms with Crippen LogP contribution in [0.15, 0.2) is 39.6 Å². The molecule has 0 fully saturated rings. The van der Waals surface area contributed by atoms with Crippen LogP contribution in [0.2, 0.25) is 0 Å². The molecule has 0 radical (unpaired) electrons. The summed E-state index contributed by atoms with van der Waals surface area (Å²) in [6, 6.07) is 11.1. The molecule has 2 rings (SSSR count). The lowest BCUT2D eigenvalue weighted by molar-refractivity contribution is 0.0783. The molecule has 0 unspecified atom stereocenters. The van der Waals surface area contributed by atoms with Crippen molar-refractivity contribution in [2.45, 2.75) is 63.9 Å². The van der Waals surface area contributed by atoms with Crippen molar-refractivity contribution in [3.8, 4) is 12.1 Å². The summed E-state index contributed by atoms with van der Waals surface area (Å²) in [5.41, 5.74) is 1.99. The number of benzene rings is 2. The number of rotatable bonds is 5. The third-order valence-electron chi connectivity index (χ3n) is 4.91. The van der Waals surface area contributed by atoms with Crippen molar-refractivity contribution in [3.63, 3.8) is 0 Å². The van der Waals surface area contributed by atoms with Crippen LogP contribution in [0.5, 0.6) is 0 Å². The van der Waals surface area contributed by atoms with Gasteiger partial charge in [0.25, 0.3) is 0 Å². The fourth-order valence-electron chi connectivity index (χ4n) is 3.18. The Hall–Kier alpha value is -2.89. The van der Waals surface area contributed by atoms with Crippen molar-refractivity contribution in [3.05, 3.63) is 58.1 Å². The van der Waals surface area contributed by atoms with Gasteiger partial charge in [-0.05, 0) is 60.6 Å². The molecule has 5 N–H and O–H groups in total. The van der Waals surface area contributed by atoms with Crippen LogP contribution in [0.4, 0.5) is 10.5 Å². The summed E-state index contributed by atoms with van der Waals surface area (Å²) in [4.78, 5) is 12.8. The molecule has 2 aromatic carbocycles. The predicted octanol–water partition coefficient (Wildman–Crippen LogP) is 5.92. The molecule has 0 aromatic heterocycles. The molecule has 0 bridgehead atoms. The normalized spacial score (nSPS) is 11.7. The Morgan fingerprint density at radius 3 is 1.88 bits per heavy atom. The van der Waals surface area contributed by atoms with Crippen LogP contribution in [-0.4, -0.2) is 11.1 Å². The number of hydrogen-bond acceptors (Lipinski definition) is 7. The second-order valence-electron chi connectivity index (χ2n) is 8.64. The molecule has 0 spiro atoms. The number of anilines is 1. The first-order chi connectivity index (χ1) is 14.9. The minimum atomic E-state index is -2.09. The van der Waals surface area contributed by atoms with Gasteiger partial charge in [0.1, 0.15) is 0 Å². The molecule has 8 nitrogen and oxygen atoms in total. The molecule has 34 heavy (non-hydrogen) atoms. The van der Waals surface area contributed by atoms with Crippen molar-refractivity contribution in [1.82, 2.24) is 6.15 Å². The molecule has 0 aliphatic heterocycles. The molecule has 2 aromatic rings. The number of nitrogens with zero attached hydrogens (tertiary/aromatic N) is 3. The van der Waals surface area contributed by atoms with E-state index >= 15 is 0 Å². The highest BCUT2D eigenvalue weighted by Gasteiger charge is 2.18. The molecule has 0 aliphatic carbocycles. The molecular formula is C24H32N5O3S2-. The summed E-state index contributed by atoms with van der Waals surface area (Å²) >= 11 is 0. The summed E-state index contributed by atoms with van der Waals surface area (Å²) in [7, 11) is -2.09. The second-order valence-corrected chi connectivity index (χ2v) is 9.79. The van der Waals surface area contributed by atoms with Gasteiger partial charge in [-0.2, -0.15) is 34.6 Å². The fourth-order valence-corrected chi connectivity index (χ4v) is 3.94. The predicted molar refractivity (Wildman–Crippen MR) is 139 cm³/mol. The summed E-state index contributed by atoms with van der Waals surface area (Å²) < 4.78 is 16.5. The first kappa shape index (κ1) is 31.1. The Morgan fingerprint density at radius 2 is 1.47 bits per heavy atom. The van der Waals surface area contributed by atoms with Gasteiger partial charge in [-0.3, -0.25) is 0 Å². The number of amides is 2. The highest BCUT2D eigenvalue weighted by molar-refractivity contribution is 7.75. The van der Waals surface area contributed by atoms with E-state index in [0.29, 0.717) is 16.8 Å². The standard InChI is InChI=1S/C24H27N4O3S.H3N.H2S/c1-14(2)20-9-17(13-26)10-21(15(3)4)22(20)27-23(29)28-32(31)19-8-16(12-25)7-18(11-19)24(5,6)30;;/h7-11,14-15,30H,1-6H3,(H,27,29);1H3;1H2/q-1;;. The van der Waals surface area contributed by atoms with Gasteiger partial charge in [0.2, 0.25) is 0 Å². The molecular weight excluding hydrogens is 470 g/mol. The molecule has 0 atom stereocenters. The van der Waals surface area contributed by atoms with Crippen molar-refractivity contribution in [2.75, 3.05) is 5.32 Å². The molecule has 0 saturated heterocycles. The van der Waals surface area contributed by atoms with E-state index in [9.17, 15) is 24.6 Å². The maximum absolute atomic E-state index is 12.8.